The second-order valence-electron chi connectivity index (χ2n) is 3.93. The fraction of sp³-hybridized carbons (Fsp3) is 0.800. The highest BCUT2D eigenvalue weighted by atomic mass is 16.4. The Morgan fingerprint density at radius 1 is 1.33 bits per heavy atom. The average Bonchev–Trinajstić information content (AvgIpc) is 2.12. The molecule has 1 unspecified atom stereocenters. The van der Waals surface area contributed by atoms with E-state index in [-0.39, 0.29) is 24.4 Å². The number of carboxylic acids is 1. The van der Waals surface area contributed by atoms with Crippen molar-refractivity contribution in [2.24, 2.45) is 11.7 Å². The minimum atomic E-state index is -0.989. The molecule has 0 spiro atoms. The zero-order valence-corrected chi connectivity index (χ0v) is 9.56. The normalized spacial score (nSPS) is 12.6. The lowest BCUT2D eigenvalue weighted by Crippen LogP contribution is -2.43. The summed E-state index contributed by atoms with van der Waals surface area (Å²) >= 11 is 0. The van der Waals surface area contributed by atoms with Gasteiger partial charge in [-0.3, -0.25) is 9.59 Å². The van der Waals surface area contributed by atoms with Crippen LogP contribution in [0.3, 0.4) is 0 Å². The standard InChI is InChI=1S/C10H20N2O3/c1-7(2)12(6-9(13)14)10(15)8(3)4-5-11/h7-8H,4-6,11H2,1-3H3,(H,13,14). The maximum Gasteiger partial charge on any atom is 0.323 e. The summed E-state index contributed by atoms with van der Waals surface area (Å²) in [7, 11) is 0. The highest BCUT2D eigenvalue weighted by Gasteiger charge is 2.23. The van der Waals surface area contributed by atoms with Gasteiger partial charge in [-0.25, -0.2) is 0 Å². The highest BCUT2D eigenvalue weighted by molar-refractivity contribution is 5.83. The Morgan fingerprint density at radius 3 is 2.20 bits per heavy atom. The Hall–Kier alpha value is -1.10. The Kier molecular flexibility index (Phi) is 5.93. The van der Waals surface area contributed by atoms with Gasteiger partial charge in [0.05, 0.1) is 0 Å². The van der Waals surface area contributed by atoms with E-state index in [2.05, 4.69) is 0 Å². The van der Waals surface area contributed by atoms with Crippen LogP contribution in [0.25, 0.3) is 0 Å². The van der Waals surface area contributed by atoms with Crippen molar-refractivity contribution in [2.45, 2.75) is 33.2 Å². The van der Waals surface area contributed by atoms with Crippen molar-refractivity contribution in [3.63, 3.8) is 0 Å². The molecule has 15 heavy (non-hydrogen) atoms. The maximum absolute atomic E-state index is 11.8. The third-order valence-corrected chi connectivity index (χ3v) is 2.23. The fourth-order valence-corrected chi connectivity index (χ4v) is 1.32. The van der Waals surface area contributed by atoms with Gasteiger partial charge in [0.15, 0.2) is 0 Å². The van der Waals surface area contributed by atoms with E-state index < -0.39 is 5.97 Å². The molecule has 0 aromatic heterocycles. The zero-order chi connectivity index (χ0) is 12.0. The minimum Gasteiger partial charge on any atom is -0.480 e. The lowest BCUT2D eigenvalue weighted by molar-refractivity contribution is -0.147. The molecule has 88 valence electrons. The summed E-state index contributed by atoms with van der Waals surface area (Å²) in [5, 5.41) is 8.67. The number of carboxylic acid groups (broad SMARTS) is 1. The minimum absolute atomic E-state index is 0.103. The fourth-order valence-electron chi connectivity index (χ4n) is 1.32. The van der Waals surface area contributed by atoms with E-state index in [1.165, 1.54) is 4.90 Å². The van der Waals surface area contributed by atoms with E-state index in [4.69, 9.17) is 10.8 Å². The topological polar surface area (TPSA) is 83.6 Å². The molecular weight excluding hydrogens is 196 g/mol. The summed E-state index contributed by atoms with van der Waals surface area (Å²) in [5.41, 5.74) is 5.36. The molecule has 0 fully saturated rings. The quantitative estimate of drug-likeness (QED) is 0.668. The molecule has 0 bridgehead atoms. The number of amides is 1. The van der Waals surface area contributed by atoms with Crippen LogP contribution in [0, 0.1) is 5.92 Å². The zero-order valence-electron chi connectivity index (χ0n) is 9.56. The monoisotopic (exact) mass is 216 g/mol. The van der Waals surface area contributed by atoms with Crippen molar-refractivity contribution >= 4 is 11.9 Å². The van der Waals surface area contributed by atoms with Crippen LogP contribution < -0.4 is 5.73 Å². The van der Waals surface area contributed by atoms with Crippen LogP contribution in [0.5, 0.6) is 0 Å². The summed E-state index contributed by atoms with van der Waals surface area (Å²) in [4.78, 5) is 23.8. The molecule has 0 saturated heterocycles. The first-order valence-electron chi connectivity index (χ1n) is 5.12. The summed E-state index contributed by atoms with van der Waals surface area (Å²) in [5.74, 6) is -1.34. The number of aliphatic carboxylic acids is 1. The lowest BCUT2D eigenvalue weighted by atomic mass is 10.1. The summed E-state index contributed by atoms with van der Waals surface area (Å²) in [6.07, 6.45) is 0.585. The molecule has 0 aromatic carbocycles. The van der Waals surface area contributed by atoms with Gasteiger partial charge in [-0.1, -0.05) is 6.92 Å². The summed E-state index contributed by atoms with van der Waals surface area (Å²) in [6.45, 7) is 5.57. The van der Waals surface area contributed by atoms with Gasteiger partial charge in [0, 0.05) is 12.0 Å². The molecule has 1 amide bonds. The largest absolute Gasteiger partial charge is 0.480 e. The highest BCUT2D eigenvalue weighted by Crippen LogP contribution is 2.09. The van der Waals surface area contributed by atoms with Gasteiger partial charge in [-0.05, 0) is 26.8 Å². The van der Waals surface area contributed by atoms with Crippen molar-refractivity contribution < 1.29 is 14.7 Å². The van der Waals surface area contributed by atoms with Gasteiger partial charge in [-0.15, -0.1) is 0 Å². The Labute approximate surface area is 90.2 Å². The molecular formula is C10H20N2O3. The van der Waals surface area contributed by atoms with Crippen LogP contribution in [-0.4, -0.2) is 41.0 Å². The Bertz CT molecular complexity index is 229. The van der Waals surface area contributed by atoms with E-state index in [0.717, 1.165) is 0 Å². The van der Waals surface area contributed by atoms with Gasteiger partial charge in [0.25, 0.3) is 0 Å². The van der Waals surface area contributed by atoms with E-state index in [1.807, 2.05) is 0 Å². The molecule has 0 aliphatic heterocycles. The first-order chi connectivity index (χ1) is 6.90. The average molecular weight is 216 g/mol. The van der Waals surface area contributed by atoms with Gasteiger partial charge in [-0.2, -0.15) is 0 Å². The number of nitrogens with zero attached hydrogens (tertiary/aromatic N) is 1. The van der Waals surface area contributed by atoms with Crippen LogP contribution >= 0.6 is 0 Å². The SMILES string of the molecule is CC(CCN)C(=O)N(CC(=O)O)C(C)C. The van der Waals surface area contributed by atoms with Crippen LogP contribution in [0.1, 0.15) is 27.2 Å². The van der Waals surface area contributed by atoms with Crippen LogP contribution in [0.15, 0.2) is 0 Å². The predicted octanol–water partition coefficient (Wildman–Crippen LogP) is 0.293. The molecule has 0 radical (unpaired) electrons. The molecule has 0 saturated carbocycles. The van der Waals surface area contributed by atoms with E-state index in [9.17, 15) is 9.59 Å². The van der Waals surface area contributed by atoms with Crippen molar-refractivity contribution in [1.82, 2.24) is 4.90 Å². The molecule has 0 heterocycles. The lowest BCUT2D eigenvalue weighted by Gasteiger charge is -2.27. The maximum atomic E-state index is 11.8. The predicted molar refractivity (Wildman–Crippen MR) is 57.3 cm³/mol. The first-order valence-corrected chi connectivity index (χ1v) is 5.12. The van der Waals surface area contributed by atoms with Crippen LogP contribution in [-0.2, 0) is 9.59 Å². The van der Waals surface area contributed by atoms with E-state index >= 15 is 0 Å². The summed E-state index contributed by atoms with van der Waals surface area (Å²) in [6, 6.07) is -0.103. The van der Waals surface area contributed by atoms with Crippen LogP contribution in [0.2, 0.25) is 0 Å². The Morgan fingerprint density at radius 2 is 1.87 bits per heavy atom. The third-order valence-electron chi connectivity index (χ3n) is 2.23. The van der Waals surface area contributed by atoms with Crippen molar-refractivity contribution in [3.05, 3.63) is 0 Å². The second kappa shape index (κ2) is 6.40. The van der Waals surface area contributed by atoms with E-state index in [0.29, 0.717) is 13.0 Å². The Balaban J connectivity index is 4.47. The van der Waals surface area contributed by atoms with Gasteiger partial charge >= 0.3 is 5.97 Å². The smallest absolute Gasteiger partial charge is 0.323 e. The number of rotatable bonds is 6. The van der Waals surface area contributed by atoms with Gasteiger partial charge < -0.3 is 15.7 Å². The molecule has 5 heteroatoms. The molecule has 5 nitrogen and oxygen atoms in total. The molecule has 0 rings (SSSR count). The second-order valence-corrected chi connectivity index (χ2v) is 3.93. The molecule has 0 aromatic rings. The van der Waals surface area contributed by atoms with Gasteiger partial charge in [0.1, 0.15) is 6.54 Å². The summed E-state index contributed by atoms with van der Waals surface area (Å²) < 4.78 is 0. The van der Waals surface area contributed by atoms with Crippen molar-refractivity contribution in [3.8, 4) is 0 Å². The van der Waals surface area contributed by atoms with E-state index in [1.54, 1.807) is 20.8 Å². The first kappa shape index (κ1) is 13.9. The number of hydrogen-bond donors (Lipinski definition) is 2. The number of hydrogen-bond acceptors (Lipinski definition) is 3. The number of carbonyl (C=O) groups excluding carboxylic acids is 1. The van der Waals surface area contributed by atoms with Gasteiger partial charge in [0.2, 0.25) is 5.91 Å². The number of nitrogens with two attached hydrogens (primary N) is 1. The molecule has 1 atom stereocenters. The number of carbonyl (C=O) groups is 2. The molecule has 0 aliphatic rings. The third kappa shape index (κ3) is 4.78. The van der Waals surface area contributed by atoms with Crippen molar-refractivity contribution in [2.75, 3.05) is 13.1 Å². The molecule has 3 N–H and O–H groups in total. The van der Waals surface area contributed by atoms with Crippen molar-refractivity contribution in [1.29, 1.82) is 0 Å². The molecule has 0 aliphatic carbocycles. The van der Waals surface area contributed by atoms with Crippen LogP contribution in [0.4, 0.5) is 0 Å².